The fourth-order valence-electron chi connectivity index (χ4n) is 1.73. The first-order valence-electron chi connectivity index (χ1n) is 4.56. The number of nitrogens with zero attached hydrogens (tertiary/aromatic N) is 2. The van der Waals surface area contributed by atoms with Crippen molar-refractivity contribution in [1.29, 1.82) is 5.26 Å². The van der Waals surface area contributed by atoms with E-state index in [1.165, 1.54) is 0 Å². The van der Waals surface area contributed by atoms with E-state index >= 15 is 0 Å². The summed E-state index contributed by atoms with van der Waals surface area (Å²) < 4.78 is 0. The fourth-order valence-corrected chi connectivity index (χ4v) is 1.73. The summed E-state index contributed by atoms with van der Waals surface area (Å²) in [5, 5.41) is 19.8. The van der Waals surface area contributed by atoms with E-state index < -0.39 is 0 Å². The van der Waals surface area contributed by atoms with Gasteiger partial charge in [-0.2, -0.15) is 5.26 Å². The summed E-state index contributed by atoms with van der Waals surface area (Å²) in [6, 6.07) is 2.09. The Morgan fingerprint density at radius 3 is 1.73 bits per heavy atom. The molecule has 1 aromatic rings. The molecule has 0 spiro atoms. The topological polar surface area (TPSA) is 66.9 Å². The first-order valence-corrected chi connectivity index (χ1v) is 4.56. The van der Waals surface area contributed by atoms with Crippen LogP contribution in [0.3, 0.4) is 0 Å². The van der Waals surface area contributed by atoms with Crippen LogP contribution in [-0.2, 0) is 0 Å². The van der Waals surface area contributed by atoms with Gasteiger partial charge in [0.1, 0.15) is 0 Å². The Bertz CT molecular complexity index is 455. The normalized spacial score (nSPS) is 9.80. The van der Waals surface area contributed by atoms with Crippen molar-refractivity contribution in [3.8, 4) is 6.07 Å². The molecular formula is C11H12N2O2. The summed E-state index contributed by atoms with van der Waals surface area (Å²) in [7, 11) is 0. The van der Waals surface area contributed by atoms with Crippen molar-refractivity contribution in [2.24, 2.45) is 0 Å². The van der Waals surface area contributed by atoms with Gasteiger partial charge in [-0.3, -0.25) is 10.1 Å². The molecule has 4 heteroatoms. The summed E-state index contributed by atoms with van der Waals surface area (Å²) in [4.78, 5) is 10.5. The van der Waals surface area contributed by atoms with E-state index in [-0.39, 0.29) is 10.6 Å². The molecule has 1 aromatic carbocycles. The monoisotopic (exact) mass is 204 g/mol. The third-order valence-corrected chi connectivity index (χ3v) is 2.88. The maximum atomic E-state index is 10.9. The van der Waals surface area contributed by atoms with E-state index in [1.54, 1.807) is 27.7 Å². The van der Waals surface area contributed by atoms with E-state index in [4.69, 9.17) is 5.26 Å². The zero-order chi connectivity index (χ0) is 11.7. The number of rotatable bonds is 1. The maximum absolute atomic E-state index is 10.9. The molecule has 0 N–H and O–H groups in total. The lowest BCUT2D eigenvalue weighted by atomic mass is 9.93. The van der Waals surface area contributed by atoms with Crippen LogP contribution in [0, 0.1) is 49.1 Å². The van der Waals surface area contributed by atoms with Gasteiger partial charge in [0.2, 0.25) is 0 Å². The van der Waals surface area contributed by atoms with Gasteiger partial charge in [-0.05, 0) is 38.8 Å². The van der Waals surface area contributed by atoms with Crippen LogP contribution in [0.2, 0.25) is 0 Å². The van der Waals surface area contributed by atoms with Crippen LogP contribution in [-0.4, -0.2) is 4.92 Å². The molecule has 0 unspecified atom stereocenters. The van der Waals surface area contributed by atoms with Crippen LogP contribution in [0.15, 0.2) is 0 Å². The highest BCUT2D eigenvalue weighted by Crippen LogP contribution is 2.31. The van der Waals surface area contributed by atoms with Crippen molar-refractivity contribution in [1.82, 2.24) is 0 Å². The minimum absolute atomic E-state index is 0.129. The third kappa shape index (κ3) is 1.57. The molecule has 0 aromatic heterocycles. The van der Waals surface area contributed by atoms with Crippen LogP contribution in [0.5, 0.6) is 0 Å². The van der Waals surface area contributed by atoms with E-state index in [9.17, 15) is 10.1 Å². The molecule has 78 valence electrons. The zero-order valence-electron chi connectivity index (χ0n) is 9.21. The van der Waals surface area contributed by atoms with Crippen molar-refractivity contribution in [2.45, 2.75) is 27.7 Å². The van der Waals surface area contributed by atoms with E-state index in [0.29, 0.717) is 27.8 Å². The fraction of sp³-hybridized carbons (Fsp3) is 0.364. The van der Waals surface area contributed by atoms with Gasteiger partial charge in [0.05, 0.1) is 16.6 Å². The molecule has 4 nitrogen and oxygen atoms in total. The molecule has 0 bridgehead atoms. The maximum Gasteiger partial charge on any atom is 0.275 e. The Labute approximate surface area is 88.3 Å². The Morgan fingerprint density at radius 2 is 1.47 bits per heavy atom. The van der Waals surface area contributed by atoms with Crippen molar-refractivity contribution >= 4 is 5.69 Å². The first-order chi connectivity index (χ1) is 6.91. The van der Waals surface area contributed by atoms with E-state index in [0.717, 1.165) is 0 Å². The third-order valence-electron chi connectivity index (χ3n) is 2.88. The van der Waals surface area contributed by atoms with Crippen LogP contribution >= 0.6 is 0 Å². The molecule has 0 heterocycles. The second kappa shape index (κ2) is 3.70. The quantitative estimate of drug-likeness (QED) is 0.521. The highest BCUT2D eigenvalue weighted by Gasteiger charge is 2.21. The SMILES string of the molecule is Cc1c(C)c([N+](=O)[O-])c(C)c(C)c1C#N. The largest absolute Gasteiger partial charge is 0.275 e. The molecule has 0 amide bonds. The number of benzene rings is 1. The number of nitro groups is 1. The standard InChI is InChI=1S/C11H12N2O2/c1-6-8(3)11(13(14)15)9(4)7(2)10(6)5-12/h1-4H3. The molecular weight excluding hydrogens is 192 g/mol. The molecule has 0 saturated carbocycles. The van der Waals surface area contributed by atoms with E-state index in [1.807, 2.05) is 0 Å². The van der Waals surface area contributed by atoms with Gasteiger partial charge in [-0.1, -0.05) is 0 Å². The number of hydrogen-bond acceptors (Lipinski definition) is 3. The average Bonchev–Trinajstić information content (AvgIpc) is 2.16. The van der Waals surface area contributed by atoms with Crippen LogP contribution in [0.1, 0.15) is 27.8 Å². The Kier molecular flexibility index (Phi) is 2.76. The Balaban J connectivity index is 3.76. The minimum atomic E-state index is -0.383. The number of nitriles is 1. The van der Waals surface area contributed by atoms with Crippen molar-refractivity contribution in [2.75, 3.05) is 0 Å². The van der Waals surface area contributed by atoms with Gasteiger partial charge < -0.3 is 0 Å². The molecule has 0 aliphatic carbocycles. The van der Waals surface area contributed by atoms with Crippen LogP contribution < -0.4 is 0 Å². The summed E-state index contributed by atoms with van der Waals surface area (Å²) in [5.74, 6) is 0. The van der Waals surface area contributed by atoms with Crippen LogP contribution in [0.25, 0.3) is 0 Å². The molecule has 0 radical (unpaired) electrons. The number of hydrogen-bond donors (Lipinski definition) is 0. The minimum Gasteiger partial charge on any atom is -0.258 e. The second-order valence-electron chi connectivity index (χ2n) is 3.59. The predicted molar refractivity (Wildman–Crippen MR) is 56.8 cm³/mol. The molecule has 15 heavy (non-hydrogen) atoms. The highest BCUT2D eigenvalue weighted by atomic mass is 16.6. The van der Waals surface area contributed by atoms with Crippen molar-refractivity contribution in [3.05, 3.63) is 37.9 Å². The smallest absolute Gasteiger partial charge is 0.258 e. The highest BCUT2D eigenvalue weighted by molar-refractivity contribution is 5.61. The molecule has 0 aliphatic heterocycles. The molecule has 0 atom stereocenters. The summed E-state index contributed by atoms with van der Waals surface area (Å²) in [6.07, 6.45) is 0. The lowest BCUT2D eigenvalue weighted by Crippen LogP contribution is -2.03. The van der Waals surface area contributed by atoms with Gasteiger partial charge in [0, 0.05) is 11.1 Å². The summed E-state index contributed by atoms with van der Waals surface area (Å²) in [6.45, 7) is 6.85. The molecule has 0 aliphatic rings. The lowest BCUT2D eigenvalue weighted by molar-refractivity contribution is -0.386. The summed E-state index contributed by atoms with van der Waals surface area (Å²) in [5.41, 5.74) is 3.25. The molecule has 0 saturated heterocycles. The predicted octanol–water partition coefficient (Wildman–Crippen LogP) is 2.70. The van der Waals surface area contributed by atoms with Gasteiger partial charge in [0.25, 0.3) is 5.69 Å². The molecule has 1 rings (SSSR count). The van der Waals surface area contributed by atoms with Gasteiger partial charge in [0.15, 0.2) is 0 Å². The Morgan fingerprint density at radius 1 is 1.07 bits per heavy atom. The van der Waals surface area contributed by atoms with Crippen molar-refractivity contribution < 1.29 is 4.92 Å². The summed E-state index contributed by atoms with van der Waals surface area (Å²) >= 11 is 0. The first kappa shape index (κ1) is 11.2. The van der Waals surface area contributed by atoms with Crippen molar-refractivity contribution in [3.63, 3.8) is 0 Å². The average molecular weight is 204 g/mol. The second-order valence-corrected chi connectivity index (χ2v) is 3.59. The van der Waals surface area contributed by atoms with Crippen LogP contribution in [0.4, 0.5) is 5.69 Å². The lowest BCUT2D eigenvalue weighted by Gasteiger charge is -2.10. The van der Waals surface area contributed by atoms with Gasteiger partial charge in [-0.25, -0.2) is 0 Å². The Hall–Kier alpha value is -1.89. The zero-order valence-corrected chi connectivity index (χ0v) is 9.21. The van der Waals surface area contributed by atoms with Gasteiger partial charge >= 0.3 is 0 Å². The number of nitro benzene ring substituents is 1. The van der Waals surface area contributed by atoms with Gasteiger partial charge in [-0.15, -0.1) is 0 Å². The molecule has 0 fully saturated rings. The van der Waals surface area contributed by atoms with E-state index in [2.05, 4.69) is 6.07 Å².